The van der Waals surface area contributed by atoms with Gasteiger partial charge >= 0.3 is 5.97 Å². The Kier molecular flexibility index (Phi) is 4.00. The molecule has 0 aliphatic carbocycles. The first-order chi connectivity index (χ1) is 7.79. The van der Waals surface area contributed by atoms with Gasteiger partial charge in [0.2, 0.25) is 10.0 Å². The summed E-state index contributed by atoms with van der Waals surface area (Å²) >= 11 is 5.74. The van der Waals surface area contributed by atoms with Gasteiger partial charge in [0.15, 0.2) is 0 Å². The van der Waals surface area contributed by atoms with Crippen molar-refractivity contribution in [2.45, 2.75) is 6.92 Å². The number of carboxylic acid groups (broad SMARTS) is 1. The van der Waals surface area contributed by atoms with Gasteiger partial charge in [0.25, 0.3) is 0 Å². The highest BCUT2D eigenvalue weighted by molar-refractivity contribution is 7.92. The second-order valence-corrected chi connectivity index (χ2v) is 6.06. The molecule has 0 atom stereocenters. The number of aromatic carboxylic acids is 1. The molecule has 0 saturated carbocycles. The summed E-state index contributed by atoms with van der Waals surface area (Å²) in [4.78, 5) is 11.0. The zero-order valence-corrected chi connectivity index (χ0v) is 10.9. The second kappa shape index (κ2) is 4.93. The first-order valence-corrected chi connectivity index (χ1v) is 6.77. The van der Waals surface area contributed by atoms with Gasteiger partial charge in [-0.25, -0.2) is 13.2 Å². The van der Waals surface area contributed by atoms with Gasteiger partial charge in [0.05, 0.1) is 17.0 Å². The van der Waals surface area contributed by atoms with E-state index in [4.69, 9.17) is 16.7 Å². The minimum absolute atomic E-state index is 0.0619. The van der Waals surface area contributed by atoms with E-state index in [9.17, 15) is 13.2 Å². The van der Waals surface area contributed by atoms with Crippen LogP contribution in [0.15, 0.2) is 18.2 Å². The third kappa shape index (κ3) is 2.89. The third-order valence-corrected chi connectivity index (χ3v) is 4.31. The van der Waals surface area contributed by atoms with Gasteiger partial charge in [-0.05, 0) is 25.1 Å². The maximum absolute atomic E-state index is 11.7. The molecular weight excluding hydrogens is 266 g/mol. The fourth-order valence-electron chi connectivity index (χ4n) is 1.29. The van der Waals surface area contributed by atoms with Gasteiger partial charge in [0.1, 0.15) is 0 Å². The SMILES string of the molecule is CCS(=O)(=O)N(C)c1cc(Cl)ccc1C(=O)O. The van der Waals surface area contributed by atoms with Crippen LogP contribution in [-0.4, -0.2) is 32.3 Å². The lowest BCUT2D eigenvalue weighted by Crippen LogP contribution is -2.29. The molecular formula is C10H12ClNO4S. The summed E-state index contributed by atoms with van der Waals surface area (Å²) in [5.41, 5.74) is -0.0409. The summed E-state index contributed by atoms with van der Waals surface area (Å²) in [5.74, 6) is -1.32. The molecule has 1 N–H and O–H groups in total. The number of sulfonamides is 1. The number of carboxylic acids is 1. The average molecular weight is 278 g/mol. The number of nitrogens with zero attached hydrogens (tertiary/aromatic N) is 1. The maximum atomic E-state index is 11.7. The summed E-state index contributed by atoms with van der Waals surface area (Å²) in [7, 11) is -2.21. The molecule has 0 amide bonds. The normalized spacial score (nSPS) is 11.2. The predicted octanol–water partition coefficient (Wildman–Crippen LogP) is 1.82. The van der Waals surface area contributed by atoms with Gasteiger partial charge in [0, 0.05) is 12.1 Å². The van der Waals surface area contributed by atoms with Crippen LogP contribution in [0.1, 0.15) is 17.3 Å². The zero-order chi connectivity index (χ0) is 13.2. The minimum Gasteiger partial charge on any atom is -0.478 e. The number of carbonyl (C=O) groups is 1. The van der Waals surface area contributed by atoms with Crippen LogP contribution >= 0.6 is 11.6 Å². The summed E-state index contributed by atoms with van der Waals surface area (Å²) in [6, 6.07) is 4.00. The summed E-state index contributed by atoms with van der Waals surface area (Å²) in [6.45, 7) is 1.48. The van der Waals surface area contributed by atoms with E-state index in [0.717, 1.165) is 4.31 Å². The van der Waals surface area contributed by atoms with Crippen molar-refractivity contribution in [2.75, 3.05) is 17.1 Å². The summed E-state index contributed by atoms with van der Waals surface area (Å²) < 4.78 is 24.3. The highest BCUT2D eigenvalue weighted by Gasteiger charge is 2.21. The van der Waals surface area contributed by atoms with Crippen molar-refractivity contribution < 1.29 is 18.3 Å². The largest absolute Gasteiger partial charge is 0.478 e. The molecule has 0 saturated heterocycles. The van der Waals surface area contributed by atoms with Crippen molar-refractivity contribution in [3.63, 3.8) is 0 Å². The first kappa shape index (κ1) is 13.8. The highest BCUT2D eigenvalue weighted by Crippen LogP contribution is 2.26. The zero-order valence-electron chi connectivity index (χ0n) is 9.34. The predicted molar refractivity (Wildman–Crippen MR) is 66.3 cm³/mol. The monoisotopic (exact) mass is 277 g/mol. The number of benzene rings is 1. The number of hydrogen-bond donors (Lipinski definition) is 1. The molecule has 0 radical (unpaired) electrons. The Labute approximate surface area is 105 Å². The molecule has 0 aromatic heterocycles. The Morgan fingerprint density at radius 1 is 1.47 bits per heavy atom. The molecule has 17 heavy (non-hydrogen) atoms. The molecule has 0 aliphatic rings. The molecule has 1 aromatic carbocycles. The Morgan fingerprint density at radius 3 is 2.53 bits per heavy atom. The molecule has 5 nitrogen and oxygen atoms in total. The van der Waals surface area contributed by atoms with Crippen molar-refractivity contribution >= 4 is 33.3 Å². The molecule has 1 rings (SSSR count). The van der Waals surface area contributed by atoms with Crippen molar-refractivity contribution in [1.29, 1.82) is 0 Å². The lowest BCUT2D eigenvalue weighted by molar-refractivity contribution is 0.0698. The Bertz CT molecular complexity index is 541. The van der Waals surface area contributed by atoms with Crippen molar-refractivity contribution in [2.24, 2.45) is 0 Å². The van der Waals surface area contributed by atoms with Crippen LogP contribution in [-0.2, 0) is 10.0 Å². The molecule has 94 valence electrons. The quantitative estimate of drug-likeness (QED) is 0.911. The molecule has 7 heteroatoms. The van der Waals surface area contributed by atoms with Gasteiger partial charge in [-0.2, -0.15) is 0 Å². The Balaban J connectivity index is 3.39. The van der Waals surface area contributed by atoms with Crippen LogP contribution < -0.4 is 4.31 Å². The highest BCUT2D eigenvalue weighted by atomic mass is 35.5. The van der Waals surface area contributed by atoms with E-state index in [2.05, 4.69) is 0 Å². The van der Waals surface area contributed by atoms with Crippen LogP contribution in [0.25, 0.3) is 0 Å². The van der Waals surface area contributed by atoms with Crippen molar-refractivity contribution in [3.05, 3.63) is 28.8 Å². The van der Waals surface area contributed by atoms with Crippen molar-refractivity contribution in [3.8, 4) is 0 Å². The van der Waals surface area contributed by atoms with Crippen molar-refractivity contribution in [1.82, 2.24) is 0 Å². The van der Waals surface area contributed by atoms with Crippen LogP contribution in [0, 0.1) is 0 Å². The fourth-order valence-corrected chi connectivity index (χ4v) is 2.29. The first-order valence-electron chi connectivity index (χ1n) is 4.79. The molecule has 0 spiro atoms. The fraction of sp³-hybridized carbons (Fsp3) is 0.300. The Hall–Kier alpha value is -1.27. The lowest BCUT2D eigenvalue weighted by atomic mass is 10.2. The van der Waals surface area contributed by atoms with Crippen LogP contribution in [0.2, 0.25) is 5.02 Å². The van der Waals surface area contributed by atoms with Gasteiger partial charge in [-0.15, -0.1) is 0 Å². The smallest absolute Gasteiger partial charge is 0.337 e. The van der Waals surface area contributed by atoms with E-state index in [1.807, 2.05) is 0 Å². The summed E-state index contributed by atoms with van der Waals surface area (Å²) in [6.07, 6.45) is 0. The van der Waals surface area contributed by atoms with Crippen LogP contribution in [0.4, 0.5) is 5.69 Å². The molecule has 1 aromatic rings. The number of hydrogen-bond acceptors (Lipinski definition) is 3. The van der Waals surface area contributed by atoms with E-state index < -0.39 is 16.0 Å². The van der Waals surface area contributed by atoms with E-state index >= 15 is 0 Å². The van der Waals surface area contributed by atoms with Crippen LogP contribution in [0.3, 0.4) is 0 Å². The van der Waals surface area contributed by atoms with E-state index in [-0.39, 0.29) is 22.0 Å². The van der Waals surface area contributed by atoms with Gasteiger partial charge in [-0.1, -0.05) is 11.6 Å². The third-order valence-electron chi connectivity index (χ3n) is 2.31. The summed E-state index contributed by atoms with van der Waals surface area (Å²) in [5, 5.41) is 9.26. The van der Waals surface area contributed by atoms with Gasteiger partial charge in [-0.3, -0.25) is 4.31 Å². The Morgan fingerprint density at radius 2 is 2.06 bits per heavy atom. The average Bonchev–Trinajstić information content (AvgIpc) is 2.27. The van der Waals surface area contributed by atoms with Gasteiger partial charge < -0.3 is 5.11 Å². The number of rotatable bonds is 4. The van der Waals surface area contributed by atoms with Crippen LogP contribution in [0.5, 0.6) is 0 Å². The number of halogens is 1. The lowest BCUT2D eigenvalue weighted by Gasteiger charge is -2.20. The molecule has 0 unspecified atom stereocenters. The molecule has 0 fully saturated rings. The van der Waals surface area contributed by atoms with E-state index in [1.54, 1.807) is 0 Å². The minimum atomic E-state index is -3.51. The van der Waals surface area contributed by atoms with E-state index in [0.29, 0.717) is 0 Å². The number of anilines is 1. The standard InChI is InChI=1S/C10H12ClNO4S/c1-3-17(15,16)12(2)9-6-7(11)4-5-8(9)10(13)14/h4-6H,3H2,1-2H3,(H,13,14). The van der Waals surface area contributed by atoms with E-state index in [1.165, 1.54) is 32.2 Å². The second-order valence-electron chi connectivity index (χ2n) is 3.33. The molecule has 0 heterocycles. The molecule has 0 bridgehead atoms. The molecule has 0 aliphatic heterocycles. The topological polar surface area (TPSA) is 74.7 Å². The maximum Gasteiger partial charge on any atom is 0.337 e.